The van der Waals surface area contributed by atoms with E-state index in [1.165, 1.54) is 29.5 Å². The number of nitro benzene ring substituents is 1. The number of nitrogens with zero attached hydrogens (tertiary/aromatic N) is 3. The zero-order valence-corrected chi connectivity index (χ0v) is 15.5. The zero-order chi connectivity index (χ0) is 19.7. The van der Waals surface area contributed by atoms with Crippen LogP contribution in [0.4, 0.5) is 11.4 Å². The number of fused-ring (bicyclic) bond motifs is 1. The number of carbonyl (C=O) groups is 1. The molecule has 0 aliphatic rings. The van der Waals surface area contributed by atoms with Crippen LogP contribution in [0.5, 0.6) is 5.75 Å². The highest BCUT2D eigenvalue weighted by Gasteiger charge is 2.16. The van der Waals surface area contributed by atoms with E-state index in [1.54, 1.807) is 29.2 Å². The number of hydrogen-bond donors (Lipinski definition) is 1. The topological polar surface area (TPSA) is 98.8 Å². The number of non-ortho nitro benzene ring substituents is 1. The van der Waals surface area contributed by atoms with Gasteiger partial charge >= 0.3 is 0 Å². The van der Waals surface area contributed by atoms with Crippen molar-refractivity contribution in [1.29, 1.82) is 0 Å². The molecule has 28 heavy (non-hydrogen) atoms. The minimum absolute atomic E-state index is 0.0855. The van der Waals surface area contributed by atoms with E-state index < -0.39 is 4.92 Å². The number of hydrogen-bond acceptors (Lipinski definition) is 6. The third-order valence-corrected chi connectivity index (χ3v) is 4.98. The van der Waals surface area contributed by atoms with Crippen molar-refractivity contribution in [3.63, 3.8) is 0 Å². The third-order valence-electron chi connectivity index (χ3n) is 4.14. The molecular formula is C19H14N4O4S. The van der Waals surface area contributed by atoms with Crippen molar-refractivity contribution in [1.82, 2.24) is 9.38 Å². The van der Waals surface area contributed by atoms with E-state index in [9.17, 15) is 14.9 Å². The highest BCUT2D eigenvalue weighted by atomic mass is 32.1. The number of ether oxygens (including phenoxy) is 1. The standard InChI is InChI=1S/C19H14N4O4S/c1-27-15-7-5-12(6-8-15)16-10-22-17(11-28-19(22)21-16)18(24)20-13-3-2-4-14(9-13)23(25)26/h2-11H,1H3,(H,20,24). The van der Waals surface area contributed by atoms with Crippen LogP contribution in [0.3, 0.4) is 0 Å². The number of aromatic nitrogens is 2. The van der Waals surface area contributed by atoms with E-state index in [2.05, 4.69) is 10.3 Å². The maximum absolute atomic E-state index is 12.7. The van der Waals surface area contributed by atoms with Crippen molar-refractivity contribution in [2.45, 2.75) is 0 Å². The lowest BCUT2D eigenvalue weighted by molar-refractivity contribution is -0.384. The lowest BCUT2D eigenvalue weighted by Gasteiger charge is -2.04. The van der Waals surface area contributed by atoms with Crippen molar-refractivity contribution in [3.05, 3.63) is 75.9 Å². The average molecular weight is 394 g/mol. The molecule has 4 aromatic rings. The van der Waals surface area contributed by atoms with Gasteiger partial charge in [0.05, 0.1) is 17.7 Å². The normalized spacial score (nSPS) is 10.8. The lowest BCUT2D eigenvalue weighted by Crippen LogP contribution is -2.13. The number of rotatable bonds is 5. The van der Waals surface area contributed by atoms with Crippen LogP contribution in [0.15, 0.2) is 60.1 Å². The van der Waals surface area contributed by atoms with Crippen molar-refractivity contribution >= 4 is 33.6 Å². The molecule has 0 saturated carbocycles. The van der Waals surface area contributed by atoms with Gasteiger partial charge in [-0.15, -0.1) is 11.3 Å². The predicted molar refractivity (Wildman–Crippen MR) is 106 cm³/mol. The Morgan fingerprint density at radius 1 is 1.25 bits per heavy atom. The van der Waals surface area contributed by atoms with Crippen LogP contribution in [0, 0.1) is 10.1 Å². The fourth-order valence-corrected chi connectivity index (χ4v) is 3.59. The monoisotopic (exact) mass is 394 g/mol. The molecule has 140 valence electrons. The van der Waals surface area contributed by atoms with Crippen LogP contribution in [-0.4, -0.2) is 27.3 Å². The highest BCUT2D eigenvalue weighted by Crippen LogP contribution is 2.26. The van der Waals surface area contributed by atoms with E-state index in [1.807, 2.05) is 24.3 Å². The van der Waals surface area contributed by atoms with Gasteiger partial charge in [-0.25, -0.2) is 4.98 Å². The Hall–Kier alpha value is -3.72. The number of nitro groups is 1. The number of nitrogens with one attached hydrogen (secondary N) is 1. The maximum Gasteiger partial charge on any atom is 0.273 e. The summed E-state index contributed by atoms with van der Waals surface area (Å²) < 4.78 is 6.87. The first-order chi connectivity index (χ1) is 13.5. The molecule has 4 rings (SSSR count). The molecule has 9 heteroatoms. The number of carbonyl (C=O) groups excluding carboxylic acids is 1. The highest BCUT2D eigenvalue weighted by molar-refractivity contribution is 7.15. The Morgan fingerprint density at radius 3 is 2.75 bits per heavy atom. The van der Waals surface area contributed by atoms with Crippen LogP contribution in [0.2, 0.25) is 0 Å². The molecule has 0 spiro atoms. The van der Waals surface area contributed by atoms with Crippen molar-refractivity contribution < 1.29 is 14.5 Å². The van der Waals surface area contributed by atoms with Crippen molar-refractivity contribution in [2.75, 3.05) is 12.4 Å². The molecule has 1 N–H and O–H groups in total. The Kier molecular flexibility index (Phi) is 4.50. The predicted octanol–water partition coefficient (Wildman–Crippen LogP) is 4.23. The molecule has 2 aromatic carbocycles. The summed E-state index contributed by atoms with van der Waals surface area (Å²) in [5.74, 6) is 0.382. The quantitative estimate of drug-likeness (QED) is 0.403. The summed E-state index contributed by atoms with van der Waals surface area (Å²) in [5.41, 5.74) is 2.31. The summed E-state index contributed by atoms with van der Waals surface area (Å²) in [6.07, 6.45) is 1.79. The minimum Gasteiger partial charge on any atom is -0.497 e. The molecule has 0 bridgehead atoms. The SMILES string of the molecule is COc1ccc(-c2cn3c(C(=O)Nc4cccc([N+](=O)[O-])c4)csc3n2)cc1. The Morgan fingerprint density at radius 2 is 2.04 bits per heavy atom. The van der Waals surface area contributed by atoms with Gasteiger partial charge < -0.3 is 10.1 Å². The average Bonchev–Trinajstić information content (AvgIpc) is 3.29. The second kappa shape index (κ2) is 7.12. The van der Waals surface area contributed by atoms with Crippen molar-refractivity contribution in [2.24, 2.45) is 0 Å². The van der Waals surface area contributed by atoms with Crippen LogP contribution >= 0.6 is 11.3 Å². The summed E-state index contributed by atoms with van der Waals surface area (Å²) in [6, 6.07) is 13.3. The van der Waals surface area contributed by atoms with Gasteiger partial charge in [0.1, 0.15) is 11.4 Å². The van der Waals surface area contributed by atoms with Gasteiger partial charge in [-0.2, -0.15) is 0 Å². The summed E-state index contributed by atoms with van der Waals surface area (Å²) in [6.45, 7) is 0. The molecule has 0 aliphatic carbocycles. The molecule has 8 nitrogen and oxygen atoms in total. The number of thiazole rings is 1. The van der Waals surface area contributed by atoms with E-state index in [0.717, 1.165) is 17.0 Å². The smallest absolute Gasteiger partial charge is 0.273 e. The van der Waals surface area contributed by atoms with Gasteiger partial charge in [0.15, 0.2) is 4.96 Å². The molecule has 0 unspecified atom stereocenters. The second-order valence-corrected chi connectivity index (χ2v) is 6.73. The molecule has 2 heterocycles. The van der Waals surface area contributed by atoms with Crippen LogP contribution < -0.4 is 10.1 Å². The number of anilines is 1. The summed E-state index contributed by atoms with van der Waals surface area (Å²) in [5, 5.41) is 15.3. The van der Waals surface area contributed by atoms with Gasteiger partial charge in [0, 0.05) is 35.0 Å². The number of methoxy groups -OCH3 is 1. The largest absolute Gasteiger partial charge is 0.497 e. The van der Waals surface area contributed by atoms with E-state index in [4.69, 9.17) is 4.74 Å². The molecule has 0 atom stereocenters. The summed E-state index contributed by atoms with van der Waals surface area (Å²) in [4.78, 5) is 28.3. The van der Waals surface area contributed by atoms with E-state index in [0.29, 0.717) is 16.3 Å². The molecule has 2 aromatic heterocycles. The molecule has 0 radical (unpaired) electrons. The summed E-state index contributed by atoms with van der Waals surface area (Å²) >= 11 is 1.34. The molecule has 0 aliphatic heterocycles. The number of imidazole rings is 1. The fraction of sp³-hybridized carbons (Fsp3) is 0.0526. The van der Waals surface area contributed by atoms with Crippen LogP contribution in [-0.2, 0) is 0 Å². The summed E-state index contributed by atoms with van der Waals surface area (Å²) in [7, 11) is 1.61. The number of benzene rings is 2. The first-order valence-electron chi connectivity index (χ1n) is 8.22. The zero-order valence-electron chi connectivity index (χ0n) is 14.7. The van der Waals surface area contributed by atoms with Gasteiger partial charge in [0.25, 0.3) is 11.6 Å². The van der Waals surface area contributed by atoms with Crippen LogP contribution in [0.1, 0.15) is 10.5 Å². The first kappa shape index (κ1) is 17.7. The maximum atomic E-state index is 12.7. The lowest BCUT2D eigenvalue weighted by atomic mass is 10.2. The van der Waals surface area contributed by atoms with Gasteiger partial charge in [-0.05, 0) is 30.3 Å². The van der Waals surface area contributed by atoms with Gasteiger partial charge in [0.2, 0.25) is 0 Å². The molecular weight excluding hydrogens is 380 g/mol. The fourth-order valence-electron chi connectivity index (χ4n) is 2.74. The Bertz CT molecular complexity index is 1180. The molecule has 1 amide bonds. The second-order valence-electron chi connectivity index (χ2n) is 5.89. The Balaban J connectivity index is 1.62. The van der Waals surface area contributed by atoms with Crippen molar-refractivity contribution in [3.8, 4) is 17.0 Å². The van der Waals surface area contributed by atoms with Crippen LogP contribution in [0.25, 0.3) is 16.2 Å². The third kappa shape index (κ3) is 3.30. The molecule has 0 saturated heterocycles. The van der Waals surface area contributed by atoms with E-state index in [-0.39, 0.29) is 11.6 Å². The van der Waals surface area contributed by atoms with Gasteiger partial charge in [-0.3, -0.25) is 19.3 Å². The number of amides is 1. The Labute approximate surface area is 163 Å². The minimum atomic E-state index is -0.505. The first-order valence-corrected chi connectivity index (χ1v) is 9.10. The molecule has 0 fully saturated rings. The van der Waals surface area contributed by atoms with Gasteiger partial charge in [-0.1, -0.05) is 6.07 Å². The van der Waals surface area contributed by atoms with E-state index >= 15 is 0 Å².